The standard InChI is InChI=1S/C16H16N4/c17-12-14-4-3-5-16(19-14)18-13-6-8-15(9-7-13)20-10-1-2-11-20/h3-9H,1-2,10-11H2,(H,18,19). The van der Waals surface area contributed by atoms with Crippen LogP contribution in [0.3, 0.4) is 0 Å². The number of nitrogens with one attached hydrogen (secondary N) is 1. The molecule has 1 aliphatic rings. The Balaban J connectivity index is 1.73. The van der Waals surface area contributed by atoms with E-state index < -0.39 is 0 Å². The van der Waals surface area contributed by atoms with Gasteiger partial charge in [0.05, 0.1) is 0 Å². The lowest BCUT2D eigenvalue weighted by Gasteiger charge is -2.17. The van der Waals surface area contributed by atoms with Crippen molar-refractivity contribution in [2.75, 3.05) is 23.3 Å². The van der Waals surface area contributed by atoms with E-state index in [4.69, 9.17) is 5.26 Å². The van der Waals surface area contributed by atoms with Gasteiger partial charge < -0.3 is 10.2 Å². The number of rotatable bonds is 3. The van der Waals surface area contributed by atoms with Crippen molar-refractivity contribution in [3.8, 4) is 6.07 Å². The van der Waals surface area contributed by atoms with E-state index in [1.807, 2.05) is 30.3 Å². The maximum Gasteiger partial charge on any atom is 0.142 e. The van der Waals surface area contributed by atoms with Crippen LogP contribution >= 0.6 is 0 Å². The number of hydrogen-bond acceptors (Lipinski definition) is 4. The van der Waals surface area contributed by atoms with Gasteiger partial charge in [0.25, 0.3) is 0 Å². The summed E-state index contributed by atoms with van der Waals surface area (Å²) >= 11 is 0. The molecule has 1 fully saturated rings. The number of aromatic nitrogens is 1. The van der Waals surface area contributed by atoms with Crippen LogP contribution in [0.25, 0.3) is 0 Å². The molecule has 0 atom stereocenters. The van der Waals surface area contributed by atoms with Crippen LogP contribution in [0.2, 0.25) is 0 Å². The first kappa shape index (κ1) is 12.5. The van der Waals surface area contributed by atoms with Crippen LogP contribution in [0.15, 0.2) is 42.5 Å². The molecule has 0 bridgehead atoms. The molecule has 0 saturated carbocycles. The summed E-state index contributed by atoms with van der Waals surface area (Å²) < 4.78 is 0. The highest BCUT2D eigenvalue weighted by molar-refractivity contribution is 5.61. The van der Waals surface area contributed by atoms with Crippen LogP contribution in [-0.2, 0) is 0 Å². The molecule has 1 aliphatic heterocycles. The molecule has 3 rings (SSSR count). The van der Waals surface area contributed by atoms with E-state index in [1.54, 1.807) is 6.07 Å². The predicted octanol–water partition coefficient (Wildman–Crippen LogP) is 3.30. The molecule has 1 saturated heterocycles. The van der Waals surface area contributed by atoms with Gasteiger partial charge in [-0.2, -0.15) is 5.26 Å². The highest BCUT2D eigenvalue weighted by atomic mass is 15.1. The summed E-state index contributed by atoms with van der Waals surface area (Å²) in [6, 6.07) is 15.8. The monoisotopic (exact) mass is 264 g/mol. The smallest absolute Gasteiger partial charge is 0.142 e. The molecule has 0 radical (unpaired) electrons. The molecule has 20 heavy (non-hydrogen) atoms. The fourth-order valence-electron chi connectivity index (χ4n) is 2.45. The van der Waals surface area contributed by atoms with E-state index in [0.29, 0.717) is 11.5 Å². The van der Waals surface area contributed by atoms with Crippen LogP contribution in [0.4, 0.5) is 17.2 Å². The minimum Gasteiger partial charge on any atom is -0.372 e. The van der Waals surface area contributed by atoms with Gasteiger partial charge in [-0.25, -0.2) is 4.98 Å². The molecule has 0 spiro atoms. The van der Waals surface area contributed by atoms with Crippen molar-refractivity contribution in [3.63, 3.8) is 0 Å². The van der Waals surface area contributed by atoms with Crippen LogP contribution in [0, 0.1) is 11.3 Å². The maximum atomic E-state index is 8.84. The van der Waals surface area contributed by atoms with Gasteiger partial charge in [0, 0.05) is 24.5 Å². The third kappa shape index (κ3) is 2.72. The SMILES string of the molecule is N#Cc1cccc(Nc2ccc(N3CCCC3)cc2)n1. The fourth-order valence-corrected chi connectivity index (χ4v) is 2.45. The Hall–Kier alpha value is -2.54. The average Bonchev–Trinajstić information content (AvgIpc) is 3.02. The van der Waals surface area contributed by atoms with Crippen molar-refractivity contribution < 1.29 is 0 Å². The van der Waals surface area contributed by atoms with E-state index in [-0.39, 0.29) is 0 Å². The molecular weight excluding hydrogens is 248 g/mol. The van der Waals surface area contributed by atoms with Gasteiger partial charge in [-0.15, -0.1) is 0 Å². The Bertz CT molecular complexity index is 622. The Morgan fingerprint density at radius 3 is 2.50 bits per heavy atom. The lowest BCUT2D eigenvalue weighted by atomic mass is 10.2. The minimum absolute atomic E-state index is 0.420. The lowest BCUT2D eigenvalue weighted by Crippen LogP contribution is -2.17. The van der Waals surface area contributed by atoms with Crippen molar-refractivity contribution in [3.05, 3.63) is 48.2 Å². The van der Waals surface area contributed by atoms with Gasteiger partial charge in [0.15, 0.2) is 0 Å². The highest BCUT2D eigenvalue weighted by Gasteiger charge is 2.11. The Morgan fingerprint density at radius 1 is 1.05 bits per heavy atom. The molecule has 4 nitrogen and oxygen atoms in total. The number of nitrogens with zero attached hydrogens (tertiary/aromatic N) is 3. The molecule has 0 unspecified atom stereocenters. The zero-order valence-corrected chi connectivity index (χ0v) is 11.2. The minimum atomic E-state index is 0.420. The van der Waals surface area contributed by atoms with Crippen molar-refractivity contribution in [1.29, 1.82) is 5.26 Å². The summed E-state index contributed by atoms with van der Waals surface area (Å²) in [7, 11) is 0. The molecule has 1 N–H and O–H groups in total. The second-order valence-electron chi connectivity index (χ2n) is 4.89. The second kappa shape index (κ2) is 5.62. The molecular formula is C16H16N4. The van der Waals surface area contributed by atoms with E-state index in [1.165, 1.54) is 18.5 Å². The van der Waals surface area contributed by atoms with Gasteiger partial charge in [0.2, 0.25) is 0 Å². The second-order valence-corrected chi connectivity index (χ2v) is 4.89. The number of pyridine rings is 1. The van der Waals surface area contributed by atoms with Crippen LogP contribution in [-0.4, -0.2) is 18.1 Å². The van der Waals surface area contributed by atoms with E-state index >= 15 is 0 Å². The van der Waals surface area contributed by atoms with Gasteiger partial charge in [-0.05, 0) is 49.2 Å². The lowest BCUT2D eigenvalue weighted by molar-refractivity contribution is 0.949. The molecule has 4 heteroatoms. The Labute approximate surface area is 118 Å². The first-order chi connectivity index (χ1) is 9.85. The highest BCUT2D eigenvalue weighted by Crippen LogP contribution is 2.23. The van der Waals surface area contributed by atoms with Gasteiger partial charge in [0.1, 0.15) is 17.6 Å². The molecule has 100 valence electrons. The van der Waals surface area contributed by atoms with Crippen molar-refractivity contribution >= 4 is 17.2 Å². The van der Waals surface area contributed by atoms with Crippen molar-refractivity contribution in [1.82, 2.24) is 4.98 Å². The summed E-state index contributed by atoms with van der Waals surface area (Å²) in [5.74, 6) is 0.693. The largest absolute Gasteiger partial charge is 0.372 e. The number of nitriles is 1. The van der Waals surface area contributed by atoms with Gasteiger partial charge in [-0.3, -0.25) is 0 Å². The van der Waals surface area contributed by atoms with E-state index in [9.17, 15) is 0 Å². The van der Waals surface area contributed by atoms with E-state index in [0.717, 1.165) is 18.8 Å². The number of benzene rings is 1. The van der Waals surface area contributed by atoms with Crippen molar-refractivity contribution in [2.24, 2.45) is 0 Å². The normalized spacial score (nSPS) is 14.1. The maximum absolute atomic E-state index is 8.84. The quantitative estimate of drug-likeness (QED) is 0.924. The first-order valence-corrected chi connectivity index (χ1v) is 6.84. The van der Waals surface area contributed by atoms with Gasteiger partial charge >= 0.3 is 0 Å². The summed E-state index contributed by atoms with van der Waals surface area (Å²) in [4.78, 5) is 6.60. The third-order valence-electron chi connectivity index (χ3n) is 3.47. The molecule has 1 aromatic heterocycles. The average molecular weight is 264 g/mol. The fraction of sp³-hybridized carbons (Fsp3) is 0.250. The molecule has 0 amide bonds. The third-order valence-corrected chi connectivity index (χ3v) is 3.47. The zero-order chi connectivity index (χ0) is 13.8. The summed E-state index contributed by atoms with van der Waals surface area (Å²) in [5.41, 5.74) is 2.67. The van der Waals surface area contributed by atoms with Crippen molar-refractivity contribution in [2.45, 2.75) is 12.8 Å². The summed E-state index contributed by atoms with van der Waals surface area (Å²) in [6.45, 7) is 2.30. The first-order valence-electron chi connectivity index (χ1n) is 6.84. The number of hydrogen-bond donors (Lipinski definition) is 1. The predicted molar refractivity (Wildman–Crippen MR) is 80.1 cm³/mol. The van der Waals surface area contributed by atoms with Crippen LogP contribution in [0.5, 0.6) is 0 Å². The number of anilines is 3. The molecule has 1 aromatic carbocycles. The van der Waals surface area contributed by atoms with Gasteiger partial charge in [-0.1, -0.05) is 6.07 Å². The van der Waals surface area contributed by atoms with Crippen LogP contribution in [0.1, 0.15) is 18.5 Å². The summed E-state index contributed by atoms with van der Waals surface area (Å²) in [5, 5.41) is 12.1. The van der Waals surface area contributed by atoms with E-state index in [2.05, 4.69) is 27.3 Å². The molecule has 2 aromatic rings. The molecule has 0 aliphatic carbocycles. The topological polar surface area (TPSA) is 52.0 Å². The summed E-state index contributed by atoms with van der Waals surface area (Å²) in [6.07, 6.45) is 2.57. The molecule has 2 heterocycles. The zero-order valence-electron chi connectivity index (χ0n) is 11.2. The Morgan fingerprint density at radius 2 is 1.80 bits per heavy atom. The Kier molecular flexibility index (Phi) is 3.51. The van der Waals surface area contributed by atoms with Crippen LogP contribution < -0.4 is 10.2 Å².